The van der Waals surface area contributed by atoms with Gasteiger partial charge < -0.3 is 14.7 Å². The van der Waals surface area contributed by atoms with Crippen LogP contribution in [0.25, 0.3) is 0 Å². The number of aliphatic hydroxyl groups is 1. The number of rotatable bonds is 6. The van der Waals surface area contributed by atoms with E-state index in [1.807, 2.05) is 6.92 Å². The number of hydrogen-bond donors (Lipinski definition) is 1. The van der Waals surface area contributed by atoms with Crippen molar-refractivity contribution in [3.05, 3.63) is 5.82 Å². The zero-order valence-electron chi connectivity index (χ0n) is 11.0. The molecule has 6 heteroatoms. The summed E-state index contributed by atoms with van der Waals surface area (Å²) in [6, 6.07) is 0.510. The third-order valence-corrected chi connectivity index (χ3v) is 4.23. The van der Waals surface area contributed by atoms with Crippen LogP contribution in [0, 0.1) is 0 Å². The molecule has 1 aliphatic heterocycles. The van der Waals surface area contributed by atoms with Gasteiger partial charge in [0.1, 0.15) is 6.10 Å². The van der Waals surface area contributed by atoms with Crippen LogP contribution in [-0.4, -0.2) is 40.8 Å². The van der Waals surface area contributed by atoms with Gasteiger partial charge in [-0.1, -0.05) is 0 Å². The maximum absolute atomic E-state index is 8.93. The second-order valence-corrected chi connectivity index (χ2v) is 5.40. The molecule has 1 aromatic rings. The molecular weight excluding hydrogens is 250 g/mol. The Morgan fingerprint density at radius 1 is 1.61 bits per heavy atom. The second-order valence-electron chi connectivity index (χ2n) is 4.67. The molecule has 5 nitrogen and oxygen atoms in total. The fourth-order valence-corrected chi connectivity index (χ4v) is 3.17. The van der Waals surface area contributed by atoms with Crippen LogP contribution in [0.3, 0.4) is 0 Å². The van der Waals surface area contributed by atoms with Gasteiger partial charge in [0.05, 0.1) is 0 Å². The van der Waals surface area contributed by atoms with Crippen LogP contribution in [0.1, 0.15) is 44.5 Å². The summed E-state index contributed by atoms with van der Waals surface area (Å²) >= 11 is 1.45. The summed E-state index contributed by atoms with van der Waals surface area (Å²) in [5.74, 6) is 0.769. The van der Waals surface area contributed by atoms with Crippen LogP contribution in [0.15, 0.2) is 0 Å². The van der Waals surface area contributed by atoms with Crippen molar-refractivity contribution in [3.8, 4) is 0 Å². The predicted octanol–water partition coefficient (Wildman–Crippen LogP) is 1.99. The summed E-state index contributed by atoms with van der Waals surface area (Å²) in [6.07, 6.45) is 4.24. The molecule has 0 aliphatic carbocycles. The molecule has 1 N–H and O–H groups in total. The first kappa shape index (κ1) is 13.7. The molecule has 0 spiro atoms. The largest absolute Gasteiger partial charge is 0.396 e. The molecule has 1 fully saturated rings. The number of hydrogen-bond acceptors (Lipinski definition) is 6. The third kappa shape index (κ3) is 2.99. The quantitative estimate of drug-likeness (QED) is 0.857. The minimum absolute atomic E-state index is 0.0477. The fourth-order valence-electron chi connectivity index (χ4n) is 2.33. The summed E-state index contributed by atoms with van der Waals surface area (Å²) in [6.45, 7) is 3.28. The van der Waals surface area contributed by atoms with Crippen LogP contribution in [0.5, 0.6) is 0 Å². The van der Waals surface area contributed by atoms with E-state index in [9.17, 15) is 0 Å². The molecule has 0 aromatic carbocycles. The Morgan fingerprint density at radius 3 is 3.17 bits per heavy atom. The van der Waals surface area contributed by atoms with Crippen molar-refractivity contribution in [2.24, 2.45) is 0 Å². The van der Waals surface area contributed by atoms with Gasteiger partial charge in [-0.25, -0.2) is 4.98 Å². The van der Waals surface area contributed by atoms with E-state index in [-0.39, 0.29) is 12.7 Å². The number of aliphatic hydroxyl groups excluding tert-OH is 1. The Balaban J connectivity index is 2.03. The second kappa shape index (κ2) is 6.45. The highest BCUT2D eigenvalue weighted by Crippen LogP contribution is 2.30. The average molecular weight is 271 g/mol. The maximum Gasteiger partial charge on any atom is 0.205 e. The molecule has 0 bridgehead atoms. The van der Waals surface area contributed by atoms with Crippen molar-refractivity contribution < 1.29 is 9.84 Å². The van der Waals surface area contributed by atoms with Crippen LogP contribution in [0.2, 0.25) is 0 Å². The van der Waals surface area contributed by atoms with Crippen LogP contribution in [0.4, 0.5) is 5.13 Å². The van der Waals surface area contributed by atoms with Gasteiger partial charge in [-0.05, 0) is 32.6 Å². The monoisotopic (exact) mass is 271 g/mol. The molecule has 0 saturated carbocycles. The SMILES string of the molecule is COC(C)c1nsc(N2CCCC2CCCO)n1. The van der Waals surface area contributed by atoms with Crippen LogP contribution >= 0.6 is 11.5 Å². The van der Waals surface area contributed by atoms with Crippen molar-refractivity contribution in [1.82, 2.24) is 9.36 Å². The predicted molar refractivity (Wildman–Crippen MR) is 72.0 cm³/mol. The number of aromatic nitrogens is 2. The van der Waals surface area contributed by atoms with Gasteiger partial charge in [0.25, 0.3) is 0 Å². The van der Waals surface area contributed by atoms with Gasteiger partial charge in [0.15, 0.2) is 5.82 Å². The highest BCUT2D eigenvalue weighted by Gasteiger charge is 2.27. The molecule has 1 aliphatic rings. The van der Waals surface area contributed by atoms with E-state index in [0.717, 1.165) is 30.3 Å². The summed E-state index contributed by atoms with van der Waals surface area (Å²) in [4.78, 5) is 6.90. The molecule has 1 aromatic heterocycles. The number of nitrogens with zero attached hydrogens (tertiary/aromatic N) is 3. The summed E-state index contributed by atoms with van der Waals surface area (Å²) in [5, 5.41) is 9.93. The lowest BCUT2D eigenvalue weighted by Gasteiger charge is -2.23. The van der Waals surface area contributed by atoms with Gasteiger partial charge in [0.2, 0.25) is 5.13 Å². The van der Waals surface area contributed by atoms with Crippen molar-refractivity contribution in [2.75, 3.05) is 25.2 Å². The first-order valence-electron chi connectivity index (χ1n) is 6.50. The average Bonchev–Trinajstić information content (AvgIpc) is 3.03. The highest BCUT2D eigenvalue weighted by molar-refractivity contribution is 7.09. The van der Waals surface area contributed by atoms with E-state index in [4.69, 9.17) is 9.84 Å². The first-order chi connectivity index (χ1) is 8.76. The third-order valence-electron chi connectivity index (χ3n) is 3.47. The van der Waals surface area contributed by atoms with Crippen LogP contribution in [-0.2, 0) is 4.74 Å². The summed E-state index contributed by atoms with van der Waals surface area (Å²) in [5.41, 5.74) is 0. The van der Waals surface area contributed by atoms with E-state index >= 15 is 0 Å². The summed E-state index contributed by atoms with van der Waals surface area (Å²) < 4.78 is 9.59. The normalized spacial score (nSPS) is 21.5. The molecule has 0 amide bonds. The van der Waals surface area contributed by atoms with Crippen LogP contribution < -0.4 is 4.90 Å². The van der Waals surface area contributed by atoms with E-state index in [1.54, 1.807) is 7.11 Å². The van der Waals surface area contributed by atoms with E-state index < -0.39 is 0 Å². The van der Waals surface area contributed by atoms with Crippen molar-refractivity contribution in [3.63, 3.8) is 0 Å². The smallest absolute Gasteiger partial charge is 0.205 e. The molecule has 2 heterocycles. The Labute approximate surface area is 112 Å². The Bertz CT molecular complexity index is 372. The van der Waals surface area contributed by atoms with E-state index in [1.165, 1.54) is 24.4 Å². The molecule has 0 radical (unpaired) electrons. The molecule has 18 heavy (non-hydrogen) atoms. The Morgan fingerprint density at radius 2 is 2.44 bits per heavy atom. The number of ether oxygens (including phenoxy) is 1. The van der Waals surface area contributed by atoms with Gasteiger partial charge >= 0.3 is 0 Å². The van der Waals surface area contributed by atoms with E-state index in [0.29, 0.717) is 6.04 Å². The molecule has 2 atom stereocenters. The van der Waals surface area contributed by atoms with E-state index in [2.05, 4.69) is 14.3 Å². The lowest BCUT2D eigenvalue weighted by Crippen LogP contribution is -2.29. The standard InChI is InChI=1S/C12H21N3O2S/c1-9(17-2)11-13-12(18-14-11)15-7-3-5-10(15)6-4-8-16/h9-10,16H,3-8H2,1-2H3. The van der Waals surface area contributed by atoms with Gasteiger partial charge in [-0.15, -0.1) is 0 Å². The number of anilines is 1. The summed E-state index contributed by atoms with van der Waals surface area (Å²) in [7, 11) is 1.67. The molecule has 102 valence electrons. The van der Waals surface area contributed by atoms with Crippen molar-refractivity contribution in [1.29, 1.82) is 0 Å². The first-order valence-corrected chi connectivity index (χ1v) is 7.27. The molecule has 2 unspecified atom stereocenters. The minimum Gasteiger partial charge on any atom is -0.396 e. The molecule has 1 saturated heterocycles. The Kier molecular flexibility index (Phi) is 4.91. The topological polar surface area (TPSA) is 58.5 Å². The van der Waals surface area contributed by atoms with Crippen molar-refractivity contribution in [2.45, 2.75) is 44.8 Å². The lowest BCUT2D eigenvalue weighted by molar-refractivity contribution is 0.113. The highest BCUT2D eigenvalue weighted by atomic mass is 32.1. The van der Waals surface area contributed by atoms with Gasteiger partial charge in [0, 0.05) is 37.8 Å². The molecule has 2 rings (SSSR count). The van der Waals surface area contributed by atoms with Gasteiger partial charge in [-0.3, -0.25) is 0 Å². The lowest BCUT2D eigenvalue weighted by atomic mass is 10.1. The number of methoxy groups -OCH3 is 1. The Hall–Kier alpha value is -0.720. The van der Waals surface area contributed by atoms with Gasteiger partial charge in [-0.2, -0.15) is 4.37 Å². The maximum atomic E-state index is 8.93. The van der Waals surface area contributed by atoms with Crippen molar-refractivity contribution >= 4 is 16.7 Å². The molecular formula is C12H21N3O2S. The zero-order valence-corrected chi connectivity index (χ0v) is 11.8. The zero-order chi connectivity index (χ0) is 13.0. The fraction of sp³-hybridized carbons (Fsp3) is 0.833. The minimum atomic E-state index is -0.0477.